The molecule has 0 aromatic rings. The van der Waals surface area contributed by atoms with Crippen molar-refractivity contribution in [3.8, 4) is 6.07 Å². The molecule has 4 nitrogen and oxygen atoms in total. The van der Waals surface area contributed by atoms with Crippen LogP contribution in [-0.4, -0.2) is 37.0 Å². The van der Waals surface area contributed by atoms with Gasteiger partial charge in [-0.2, -0.15) is 5.26 Å². The van der Waals surface area contributed by atoms with E-state index in [-0.39, 0.29) is 5.91 Å². The Morgan fingerprint density at radius 3 is 2.94 bits per heavy atom. The molecule has 0 saturated carbocycles. The van der Waals surface area contributed by atoms with Crippen LogP contribution in [0.2, 0.25) is 0 Å². The van der Waals surface area contributed by atoms with Gasteiger partial charge in [-0.25, -0.2) is 0 Å². The molecule has 16 heavy (non-hydrogen) atoms. The minimum Gasteiger partial charge on any atom is -0.353 e. The molecular formula is C12H21N3O. The molecule has 1 aliphatic heterocycles. The molecule has 0 radical (unpaired) electrons. The largest absolute Gasteiger partial charge is 0.353 e. The first-order valence-corrected chi connectivity index (χ1v) is 6.06. The minimum absolute atomic E-state index is 0.121. The SMILES string of the molecule is CCC(C#N)C(=O)NCC1CCCCN1C. The fraction of sp³-hybridized carbons (Fsp3) is 0.833. The van der Waals surface area contributed by atoms with Gasteiger partial charge in [0, 0.05) is 12.6 Å². The van der Waals surface area contributed by atoms with Crippen molar-refractivity contribution in [2.45, 2.75) is 38.6 Å². The Morgan fingerprint density at radius 1 is 1.62 bits per heavy atom. The molecular weight excluding hydrogens is 202 g/mol. The van der Waals surface area contributed by atoms with Crippen LogP contribution in [0, 0.1) is 17.2 Å². The number of nitrogens with zero attached hydrogens (tertiary/aromatic N) is 2. The number of carbonyl (C=O) groups excluding carboxylic acids is 1. The maximum absolute atomic E-state index is 11.6. The van der Waals surface area contributed by atoms with Crippen LogP contribution in [0.1, 0.15) is 32.6 Å². The van der Waals surface area contributed by atoms with E-state index in [1.807, 2.05) is 13.0 Å². The van der Waals surface area contributed by atoms with Gasteiger partial charge in [-0.3, -0.25) is 4.79 Å². The van der Waals surface area contributed by atoms with Gasteiger partial charge in [0.25, 0.3) is 0 Å². The van der Waals surface area contributed by atoms with Crippen LogP contribution < -0.4 is 5.32 Å². The molecule has 2 unspecified atom stereocenters. The summed E-state index contributed by atoms with van der Waals surface area (Å²) in [5.41, 5.74) is 0. The summed E-state index contributed by atoms with van der Waals surface area (Å²) in [6.45, 7) is 3.64. The lowest BCUT2D eigenvalue weighted by Gasteiger charge is -2.32. The molecule has 90 valence electrons. The zero-order valence-electron chi connectivity index (χ0n) is 10.2. The summed E-state index contributed by atoms with van der Waals surface area (Å²) < 4.78 is 0. The second kappa shape index (κ2) is 6.49. The van der Waals surface area contributed by atoms with E-state index in [4.69, 9.17) is 5.26 Å². The van der Waals surface area contributed by atoms with Gasteiger partial charge in [0.2, 0.25) is 5.91 Å². The van der Waals surface area contributed by atoms with E-state index in [9.17, 15) is 4.79 Å². The molecule has 0 spiro atoms. The lowest BCUT2D eigenvalue weighted by molar-refractivity contribution is -0.123. The molecule has 0 aromatic carbocycles. The highest BCUT2D eigenvalue weighted by Gasteiger charge is 2.21. The van der Waals surface area contributed by atoms with Crippen molar-refractivity contribution in [1.82, 2.24) is 10.2 Å². The van der Waals surface area contributed by atoms with Crippen molar-refractivity contribution < 1.29 is 4.79 Å². The molecule has 1 saturated heterocycles. The van der Waals surface area contributed by atoms with Crippen molar-refractivity contribution >= 4 is 5.91 Å². The zero-order chi connectivity index (χ0) is 12.0. The Hall–Kier alpha value is -1.08. The summed E-state index contributed by atoms with van der Waals surface area (Å²) in [5.74, 6) is -0.613. The van der Waals surface area contributed by atoms with Crippen molar-refractivity contribution in [2.75, 3.05) is 20.1 Å². The van der Waals surface area contributed by atoms with Crippen molar-refractivity contribution in [3.63, 3.8) is 0 Å². The number of nitrogens with one attached hydrogen (secondary N) is 1. The number of amides is 1. The first-order chi connectivity index (χ1) is 7.69. The van der Waals surface area contributed by atoms with Gasteiger partial charge in [0.05, 0.1) is 6.07 Å². The van der Waals surface area contributed by atoms with E-state index in [0.717, 1.165) is 13.0 Å². The summed E-state index contributed by atoms with van der Waals surface area (Å²) in [5, 5.41) is 11.6. The predicted molar refractivity (Wildman–Crippen MR) is 62.7 cm³/mol. The van der Waals surface area contributed by atoms with Gasteiger partial charge >= 0.3 is 0 Å². The van der Waals surface area contributed by atoms with Crippen LogP contribution in [0.5, 0.6) is 0 Å². The van der Waals surface area contributed by atoms with E-state index in [1.165, 1.54) is 12.8 Å². The van der Waals surface area contributed by atoms with Gasteiger partial charge < -0.3 is 10.2 Å². The number of rotatable bonds is 4. The number of likely N-dealkylation sites (N-methyl/N-ethyl adjacent to an activating group) is 1. The molecule has 2 atom stereocenters. The van der Waals surface area contributed by atoms with Gasteiger partial charge in [-0.05, 0) is 32.9 Å². The Bertz CT molecular complexity index is 272. The molecule has 4 heteroatoms. The third kappa shape index (κ3) is 3.49. The fourth-order valence-corrected chi connectivity index (χ4v) is 2.08. The van der Waals surface area contributed by atoms with Crippen molar-refractivity contribution in [3.05, 3.63) is 0 Å². The lowest BCUT2D eigenvalue weighted by atomic mass is 10.0. The highest BCUT2D eigenvalue weighted by molar-refractivity contribution is 5.80. The third-order valence-electron chi connectivity index (χ3n) is 3.31. The van der Waals surface area contributed by atoms with Gasteiger partial charge in [-0.1, -0.05) is 13.3 Å². The molecule has 0 aliphatic carbocycles. The average Bonchev–Trinajstić information content (AvgIpc) is 2.29. The van der Waals surface area contributed by atoms with Crippen LogP contribution in [-0.2, 0) is 4.79 Å². The second-order valence-corrected chi connectivity index (χ2v) is 4.47. The second-order valence-electron chi connectivity index (χ2n) is 4.47. The molecule has 0 bridgehead atoms. The topological polar surface area (TPSA) is 56.1 Å². The number of hydrogen-bond acceptors (Lipinski definition) is 3. The zero-order valence-corrected chi connectivity index (χ0v) is 10.2. The number of carbonyl (C=O) groups is 1. The van der Waals surface area contributed by atoms with Gasteiger partial charge in [0.15, 0.2) is 0 Å². The average molecular weight is 223 g/mol. The lowest BCUT2D eigenvalue weighted by Crippen LogP contribution is -2.45. The Kier molecular flexibility index (Phi) is 5.27. The van der Waals surface area contributed by atoms with Gasteiger partial charge in [0.1, 0.15) is 5.92 Å². The summed E-state index contributed by atoms with van der Waals surface area (Å²) in [6, 6.07) is 2.46. The predicted octanol–water partition coefficient (Wildman–Crippen LogP) is 1.14. The van der Waals surface area contributed by atoms with E-state index in [0.29, 0.717) is 19.0 Å². The highest BCUT2D eigenvalue weighted by atomic mass is 16.1. The first-order valence-electron chi connectivity index (χ1n) is 6.06. The molecule has 0 aromatic heterocycles. The summed E-state index contributed by atoms with van der Waals surface area (Å²) >= 11 is 0. The van der Waals surface area contributed by atoms with E-state index < -0.39 is 5.92 Å². The van der Waals surface area contributed by atoms with Gasteiger partial charge in [-0.15, -0.1) is 0 Å². The molecule has 1 aliphatic rings. The van der Waals surface area contributed by atoms with Crippen LogP contribution in [0.4, 0.5) is 0 Å². The maximum atomic E-state index is 11.6. The van der Waals surface area contributed by atoms with Crippen LogP contribution in [0.25, 0.3) is 0 Å². The standard InChI is InChI=1S/C12H21N3O/c1-3-10(8-13)12(16)14-9-11-6-4-5-7-15(11)2/h10-11H,3-7,9H2,1-2H3,(H,14,16). The van der Waals surface area contributed by atoms with Crippen LogP contribution in [0.3, 0.4) is 0 Å². The number of nitriles is 1. The maximum Gasteiger partial charge on any atom is 0.237 e. The van der Waals surface area contributed by atoms with E-state index in [2.05, 4.69) is 17.3 Å². The first kappa shape index (κ1) is 13.0. The summed E-state index contributed by atoms with van der Waals surface area (Å²) in [6.07, 6.45) is 4.21. The van der Waals surface area contributed by atoms with Crippen LogP contribution >= 0.6 is 0 Å². The Labute approximate surface area is 97.6 Å². The third-order valence-corrected chi connectivity index (χ3v) is 3.31. The number of likely N-dealkylation sites (tertiary alicyclic amines) is 1. The molecule has 1 fully saturated rings. The summed E-state index contributed by atoms with van der Waals surface area (Å²) in [4.78, 5) is 13.9. The molecule has 1 amide bonds. The van der Waals surface area contributed by atoms with E-state index in [1.54, 1.807) is 0 Å². The van der Waals surface area contributed by atoms with Crippen molar-refractivity contribution in [2.24, 2.45) is 5.92 Å². The quantitative estimate of drug-likeness (QED) is 0.777. The Balaban J connectivity index is 2.33. The number of piperidine rings is 1. The molecule has 1 N–H and O–H groups in total. The monoisotopic (exact) mass is 223 g/mol. The summed E-state index contributed by atoms with van der Waals surface area (Å²) in [7, 11) is 2.09. The molecule has 1 rings (SSSR count). The highest BCUT2D eigenvalue weighted by Crippen LogP contribution is 2.14. The fourth-order valence-electron chi connectivity index (χ4n) is 2.08. The van der Waals surface area contributed by atoms with Crippen LogP contribution in [0.15, 0.2) is 0 Å². The van der Waals surface area contributed by atoms with Crippen molar-refractivity contribution in [1.29, 1.82) is 5.26 Å². The smallest absolute Gasteiger partial charge is 0.237 e. The number of hydrogen-bond donors (Lipinski definition) is 1. The Morgan fingerprint density at radius 2 is 2.38 bits per heavy atom. The normalized spacial score (nSPS) is 23.4. The van der Waals surface area contributed by atoms with E-state index >= 15 is 0 Å². The molecule has 1 heterocycles. The minimum atomic E-state index is -0.492.